The van der Waals surface area contributed by atoms with Gasteiger partial charge in [0.15, 0.2) is 0 Å². The molecule has 0 fully saturated rings. The van der Waals surface area contributed by atoms with E-state index >= 15 is 0 Å². The van der Waals surface area contributed by atoms with Gasteiger partial charge in [0, 0.05) is 18.1 Å². The van der Waals surface area contributed by atoms with E-state index in [0.717, 1.165) is 15.4 Å². The van der Waals surface area contributed by atoms with Crippen LogP contribution in [0.2, 0.25) is 5.02 Å². The Morgan fingerprint density at radius 1 is 1.46 bits per heavy atom. The molecule has 6 N–H and O–H groups in total. The van der Waals surface area contributed by atoms with Gasteiger partial charge in [-0.3, -0.25) is 9.31 Å². The molecule has 2 atom stereocenters. The average Bonchev–Trinajstić information content (AvgIpc) is 3.02. The molecule has 1 aromatic carbocycles. The predicted octanol–water partition coefficient (Wildman–Crippen LogP) is 2.00. The quantitative estimate of drug-likeness (QED) is 0.527. The first-order valence-electron chi connectivity index (χ1n) is 7.68. The largest absolute Gasteiger partial charge is 0.396 e. The Balaban J connectivity index is 1.86. The molecule has 0 saturated heterocycles. The lowest BCUT2D eigenvalue weighted by molar-refractivity contribution is 0.618. The highest BCUT2D eigenvalue weighted by atomic mass is 35.5. The summed E-state index contributed by atoms with van der Waals surface area (Å²) in [5.74, 6) is 6.59. The third-order valence-electron chi connectivity index (χ3n) is 3.85. The normalized spacial score (nSPS) is 20.8. The van der Waals surface area contributed by atoms with Gasteiger partial charge in [0.05, 0.1) is 27.0 Å². The molecule has 0 amide bonds. The Kier molecular flexibility index (Phi) is 5.52. The second-order valence-corrected chi connectivity index (χ2v) is 8.65. The number of nitrogens with zero attached hydrogens (tertiary/aromatic N) is 3. The number of hydrogen-bond acceptors (Lipinski definition) is 7. The van der Waals surface area contributed by atoms with Crippen LogP contribution in [0.4, 0.5) is 5.69 Å². The molecule has 138 valence electrons. The summed E-state index contributed by atoms with van der Waals surface area (Å²) in [4.78, 5) is 5.93. The van der Waals surface area contributed by atoms with Gasteiger partial charge in [-0.05, 0) is 18.2 Å². The summed E-state index contributed by atoms with van der Waals surface area (Å²) < 4.78 is 13.6. The Morgan fingerprint density at radius 2 is 2.15 bits per heavy atom. The monoisotopic (exact) mass is 410 g/mol. The zero-order valence-corrected chi connectivity index (χ0v) is 16.4. The van der Waals surface area contributed by atoms with Gasteiger partial charge < -0.3 is 11.5 Å². The number of halogens is 1. The van der Waals surface area contributed by atoms with Crippen LogP contribution in [0.25, 0.3) is 5.70 Å². The van der Waals surface area contributed by atoms with E-state index in [0.29, 0.717) is 16.5 Å². The number of anilines is 1. The number of nitrogens with two attached hydrogens (primary N) is 3. The van der Waals surface area contributed by atoms with Crippen LogP contribution in [0.3, 0.4) is 0 Å². The Labute approximate surface area is 163 Å². The van der Waals surface area contributed by atoms with Crippen LogP contribution in [-0.4, -0.2) is 27.3 Å². The number of aliphatic imine (C=N–C) groups is 1. The first kappa shape index (κ1) is 18.7. The molecule has 0 aliphatic carbocycles. The number of rotatable bonds is 4. The highest BCUT2D eigenvalue weighted by Gasteiger charge is 2.28. The predicted molar refractivity (Wildman–Crippen MR) is 110 cm³/mol. The van der Waals surface area contributed by atoms with Crippen molar-refractivity contribution < 1.29 is 4.21 Å². The average molecular weight is 411 g/mol. The molecule has 26 heavy (non-hydrogen) atoms. The molecule has 7 nitrogen and oxygen atoms in total. The van der Waals surface area contributed by atoms with Gasteiger partial charge in [0.25, 0.3) is 0 Å². The smallest absolute Gasteiger partial charge is 0.203 e. The molecule has 0 bridgehead atoms. The van der Waals surface area contributed by atoms with E-state index in [4.69, 9.17) is 28.9 Å². The molecule has 2 unspecified atom stereocenters. The molecule has 1 aliphatic heterocycles. The van der Waals surface area contributed by atoms with Gasteiger partial charge in [0.2, 0.25) is 5.96 Å². The fourth-order valence-electron chi connectivity index (χ4n) is 2.40. The lowest BCUT2D eigenvalue weighted by Gasteiger charge is -2.25. The molecule has 1 aliphatic rings. The molecular weight excluding hydrogens is 392 g/mol. The number of guanidine groups is 1. The van der Waals surface area contributed by atoms with Crippen molar-refractivity contribution >= 4 is 51.3 Å². The van der Waals surface area contributed by atoms with Crippen molar-refractivity contribution in [2.75, 3.05) is 17.8 Å². The van der Waals surface area contributed by atoms with Gasteiger partial charge in [0.1, 0.15) is 17.0 Å². The molecule has 0 saturated carbocycles. The highest BCUT2D eigenvalue weighted by Crippen LogP contribution is 2.37. The molecule has 1 aromatic heterocycles. The zero-order valence-electron chi connectivity index (χ0n) is 14.0. The number of thiophene rings is 1. The summed E-state index contributed by atoms with van der Waals surface area (Å²) in [7, 11) is 0.408. The molecule has 0 spiro atoms. The molecule has 3 rings (SSSR count). The van der Waals surface area contributed by atoms with Crippen molar-refractivity contribution in [3.8, 4) is 0 Å². The zero-order chi connectivity index (χ0) is 18.8. The van der Waals surface area contributed by atoms with Crippen LogP contribution >= 0.6 is 22.9 Å². The van der Waals surface area contributed by atoms with Crippen LogP contribution in [0.15, 0.2) is 47.6 Å². The van der Waals surface area contributed by atoms with Gasteiger partial charge in [-0.2, -0.15) is 0 Å². The summed E-state index contributed by atoms with van der Waals surface area (Å²) in [6, 6.07) is 10.9. The number of para-hydroxylation sites is 1. The topological polar surface area (TPSA) is 114 Å². The van der Waals surface area contributed by atoms with Crippen molar-refractivity contribution in [3.63, 3.8) is 0 Å². The Bertz CT molecular complexity index is 882. The Hall–Kier alpha value is -2.07. The van der Waals surface area contributed by atoms with Gasteiger partial charge in [-0.25, -0.2) is 15.0 Å². The lowest BCUT2D eigenvalue weighted by Crippen LogP contribution is -2.41. The summed E-state index contributed by atoms with van der Waals surface area (Å²) in [6.45, 7) is 0. The second kappa shape index (κ2) is 7.67. The minimum Gasteiger partial charge on any atom is -0.396 e. The number of hydrogen-bond donors (Lipinski definition) is 3. The molecule has 10 heteroatoms. The first-order valence-corrected chi connectivity index (χ1v) is 10.1. The Morgan fingerprint density at radius 3 is 2.81 bits per heavy atom. The first-order chi connectivity index (χ1) is 12.4. The maximum absolute atomic E-state index is 12.1. The van der Waals surface area contributed by atoms with E-state index in [2.05, 4.69) is 4.99 Å². The van der Waals surface area contributed by atoms with Crippen LogP contribution in [-0.2, 0) is 11.0 Å². The van der Waals surface area contributed by atoms with Gasteiger partial charge >= 0.3 is 0 Å². The van der Waals surface area contributed by atoms with Crippen molar-refractivity contribution in [3.05, 3.63) is 57.4 Å². The molecule has 0 radical (unpaired) electrons. The molecule has 2 aromatic rings. The third-order valence-corrected chi connectivity index (χ3v) is 6.96. The summed E-state index contributed by atoms with van der Waals surface area (Å²) in [5, 5.41) is 1.97. The van der Waals surface area contributed by atoms with Crippen molar-refractivity contribution in [2.45, 2.75) is 6.04 Å². The van der Waals surface area contributed by atoms with E-state index in [1.807, 2.05) is 30.3 Å². The van der Waals surface area contributed by atoms with Crippen LogP contribution in [0.5, 0.6) is 0 Å². The van der Waals surface area contributed by atoms with E-state index in [1.165, 1.54) is 20.7 Å². The van der Waals surface area contributed by atoms with E-state index in [-0.39, 0.29) is 12.0 Å². The standard InChI is InChI=1S/C16H19ClN6OS2/c1-22-16(19)21-13(9-26(22)24)15-11(17)7-14(25-15)12(18)8-23(20)10-5-3-2-4-6-10/h2-8,13H,9,18,20H2,1H3,(H2,19,21)/b12-8-. The number of benzene rings is 1. The van der Waals surface area contributed by atoms with Gasteiger partial charge in [-0.15, -0.1) is 11.3 Å². The number of hydrazine groups is 1. The molecular formula is C16H19ClN6OS2. The third kappa shape index (κ3) is 3.85. The maximum Gasteiger partial charge on any atom is 0.203 e. The minimum absolute atomic E-state index is 0.228. The van der Waals surface area contributed by atoms with Crippen molar-refractivity contribution in [1.82, 2.24) is 4.31 Å². The minimum atomic E-state index is -1.24. The van der Waals surface area contributed by atoms with E-state index in [9.17, 15) is 4.21 Å². The summed E-state index contributed by atoms with van der Waals surface area (Å²) in [5.41, 5.74) is 13.3. The van der Waals surface area contributed by atoms with Gasteiger partial charge in [-0.1, -0.05) is 29.8 Å². The van der Waals surface area contributed by atoms with Crippen LogP contribution in [0, 0.1) is 0 Å². The van der Waals surface area contributed by atoms with E-state index in [1.54, 1.807) is 19.3 Å². The second-order valence-electron chi connectivity index (χ2n) is 5.64. The van der Waals surface area contributed by atoms with Crippen molar-refractivity contribution in [1.29, 1.82) is 0 Å². The highest BCUT2D eigenvalue weighted by molar-refractivity contribution is 7.83. The van der Waals surface area contributed by atoms with E-state index < -0.39 is 11.0 Å². The summed E-state index contributed by atoms with van der Waals surface area (Å²) >= 11 is 7.76. The lowest BCUT2D eigenvalue weighted by atomic mass is 10.2. The van der Waals surface area contributed by atoms with Crippen LogP contribution < -0.4 is 22.3 Å². The summed E-state index contributed by atoms with van der Waals surface area (Å²) in [6.07, 6.45) is 1.63. The molecule has 2 heterocycles. The maximum atomic E-state index is 12.1. The fourth-order valence-corrected chi connectivity index (χ4v) is 4.93. The van der Waals surface area contributed by atoms with Crippen LogP contribution in [0.1, 0.15) is 15.8 Å². The fraction of sp³-hybridized carbons (Fsp3) is 0.188. The van der Waals surface area contributed by atoms with Crippen molar-refractivity contribution in [2.24, 2.45) is 22.3 Å². The SMILES string of the molecule is CN1C(N)=NC(c2sc(/C(N)=C/N(N)c3ccccc3)cc2Cl)CS1=O.